The molecule has 0 fully saturated rings. The maximum Gasteiger partial charge on any atom is 0.272 e. The number of hydrogen-bond acceptors (Lipinski definition) is 3. The van der Waals surface area contributed by atoms with Crippen molar-refractivity contribution >= 4 is 65.6 Å². The van der Waals surface area contributed by atoms with Crippen LogP contribution in [-0.4, -0.2) is 8.42 Å². The van der Waals surface area contributed by atoms with Gasteiger partial charge in [-0.15, -0.1) is 11.3 Å². The van der Waals surface area contributed by atoms with Crippen LogP contribution in [0, 0.1) is 3.57 Å². The first kappa shape index (κ1) is 13.3. The Labute approximate surface area is 126 Å². The Morgan fingerprint density at radius 3 is 2.53 bits per heavy atom. The molecule has 0 atom stereocenters. The van der Waals surface area contributed by atoms with Crippen molar-refractivity contribution < 1.29 is 8.42 Å². The van der Waals surface area contributed by atoms with Gasteiger partial charge in [-0.1, -0.05) is 12.1 Å². The van der Waals surface area contributed by atoms with Crippen molar-refractivity contribution in [3.8, 4) is 0 Å². The highest BCUT2D eigenvalue weighted by Gasteiger charge is 2.19. The van der Waals surface area contributed by atoms with Gasteiger partial charge in [0.2, 0.25) is 0 Å². The number of benzene rings is 1. The van der Waals surface area contributed by atoms with E-state index in [0.717, 1.165) is 3.57 Å². The molecule has 7 heteroatoms. The monoisotopic (exact) mass is 443 g/mol. The van der Waals surface area contributed by atoms with Gasteiger partial charge in [0, 0.05) is 8.04 Å². The molecule has 0 saturated carbocycles. The van der Waals surface area contributed by atoms with Gasteiger partial charge in [0.15, 0.2) is 4.21 Å². The minimum absolute atomic E-state index is 0.289. The van der Waals surface area contributed by atoms with Crippen molar-refractivity contribution in [3.05, 3.63) is 43.8 Å². The topological polar surface area (TPSA) is 46.2 Å². The molecule has 90 valence electrons. The number of anilines is 1. The van der Waals surface area contributed by atoms with Gasteiger partial charge in [-0.25, -0.2) is 8.42 Å². The van der Waals surface area contributed by atoms with E-state index in [2.05, 4.69) is 43.2 Å². The van der Waals surface area contributed by atoms with Crippen molar-refractivity contribution in [2.75, 3.05) is 4.72 Å². The quantitative estimate of drug-likeness (QED) is 0.731. The molecular weight excluding hydrogens is 437 g/mol. The number of hydrogen-bond donors (Lipinski definition) is 1. The summed E-state index contributed by atoms with van der Waals surface area (Å²) in [6.45, 7) is 0. The van der Waals surface area contributed by atoms with Crippen LogP contribution in [0.1, 0.15) is 0 Å². The van der Waals surface area contributed by atoms with Crippen LogP contribution in [0.5, 0.6) is 0 Å². The number of thiophene rings is 1. The summed E-state index contributed by atoms with van der Waals surface area (Å²) in [5, 5.41) is 1.73. The predicted octanol–water partition coefficient (Wildman–Crippen LogP) is 3.92. The Balaban J connectivity index is 2.37. The van der Waals surface area contributed by atoms with Crippen LogP contribution in [0.2, 0.25) is 0 Å². The Kier molecular flexibility index (Phi) is 4.11. The Bertz CT molecular complexity index is 639. The van der Waals surface area contributed by atoms with Gasteiger partial charge in [0.25, 0.3) is 10.0 Å². The molecule has 2 rings (SSSR count). The fourth-order valence-corrected chi connectivity index (χ4v) is 5.33. The van der Waals surface area contributed by atoms with E-state index in [1.54, 1.807) is 23.6 Å². The largest absolute Gasteiger partial charge is 0.278 e. The molecular formula is C10H7BrINO2S2. The van der Waals surface area contributed by atoms with Crippen LogP contribution < -0.4 is 4.72 Å². The Morgan fingerprint density at radius 2 is 1.94 bits per heavy atom. The molecule has 1 aromatic carbocycles. The van der Waals surface area contributed by atoms with Crippen molar-refractivity contribution in [1.29, 1.82) is 0 Å². The number of halogens is 2. The molecule has 17 heavy (non-hydrogen) atoms. The maximum atomic E-state index is 12.1. The van der Waals surface area contributed by atoms with Gasteiger partial charge >= 0.3 is 0 Å². The summed E-state index contributed by atoms with van der Waals surface area (Å²) in [6, 6.07) is 8.96. The molecule has 0 aliphatic heterocycles. The summed E-state index contributed by atoms with van der Waals surface area (Å²) in [6.07, 6.45) is 0. The number of rotatable bonds is 3. The lowest BCUT2D eigenvalue weighted by molar-refractivity contribution is 0.603. The normalized spacial score (nSPS) is 11.4. The summed E-state index contributed by atoms with van der Waals surface area (Å²) in [5.41, 5.74) is 0.591. The number of nitrogens with one attached hydrogen (secondary N) is 1. The fourth-order valence-electron chi connectivity index (χ4n) is 1.21. The average molecular weight is 444 g/mol. The van der Waals surface area contributed by atoms with Gasteiger partial charge in [-0.05, 0) is 62.1 Å². The van der Waals surface area contributed by atoms with Crippen LogP contribution in [0.15, 0.2) is 44.4 Å². The van der Waals surface area contributed by atoms with Crippen LogP contribution in [-0.2, 0) is 10.0 Å². The van der Waals surface area contributed by atoms with Gasteiger partial charge in [0.1, 0.15) is 0 Å². The molecule has 1 N–H and O–H groups in total. The second kappa shape index (κ2) is 5.25. The zero-order chi connectivity index (χ0) is 12.5. The van der Waals surface area contributed by atoms with E-state index in [-0.39, 0.29) is 4.21 Å². The molecule has 0 aliphatic carbocycles. The molecule has 0 radical (unpaired) electrons. The van der Waals surface area contributed by atoms with E-state index in [1.165, 1.54) is 11.3 Å². The highest BCUT2D eigenvalue weighted by atomic mass is 127. The number of sulfonamides is 1. The second-order valence-electron chi connectivity index (χ2n) is 3.14. The maximum absolute atomic E-state index is 12.1. The van der Waals surface area contributed by atoms with E-state index in [4.69, 9.17) is 0 Å². The third-order valence-corrected chi connectivity index (χ3v) is 6.92. The van der Waals surface area contributed by atoms with Crippen LogP contribution >= 0.6 is 49.9 Å². The van der Waals surface area contributed by atoms with Gasteiger partial charge in [-0.3, -0.25) is 4.72 Å². The highest BCUT2D eigenvalue weighted by Crippen LogP contribution is 2.30. The highest BCUT2D eigenvalue weighted by molar-refractivity contribution is 14.1. The van der Waals surface area contributed by atoms with E-state index >= 15 is 0 Å². The Morgan fingerprint density at radius 1 is 1.24 bits per heavy atom. The van der Waals surface area contributed by atoms with Crippen molar-refractivity contribution in [3.63, 3.8) is 0 Å². The second-order valence-corrected chi connectivity index (χ2v) is 7.95. The standard InChI is InChI=1S/C10H7BrINO2S2/c11-7-5-6-16-10(7)17(14,15)13-9-4-2-1-3-8(9)12/h1-6,13H. The lowest BCUT2D eigenvalue weighted by atomic mass is 10.3. The third kappa shape index (κ3) is 3.01. The zero-order valence-electron chi connectivity index (χ0n) is 8.35. The first-order valence-electron chi connectivity index (χ1n) is 4.51. The van der Waals surface area contributed by atoms with E-state index in [9.17, 15) is 8.42 Å². The summed E-state index contributed by atoms with van der Waals surface area (Å²) in [5.74, 6) is 0. The first-order chi connectivity index (χ1) is 8.00. The molecule has 3 nitrogen and oxygen atoms in total. The van der Waals surface area contributed by atoms with Gasteiger partial charge in [0.05, 0.1) is 5.69 Å². The third-order valence-electron chi connectivity index (χ3n) is 1.95. The summed E-state index contributed by atoms with van der Waals surface area (Å²) in [4.78, 5) is 0. The Hall–Kier alpha value is -0.120. The van der Waals surface area contributed by atoms with E-state index in [0.29, 0.717) is 10.2 Å². The molecule has 1 aromatic heterocycles. The average Bonchev–Trinajstić information content (AvgIpc) is 2.68. The van der Waals surface area contributed by atoms with Gasteiger partial charge < -0.3 is 0 Å². The van der Waals surface area contributed by atoms with Crippen molar-refractivity contribution in [2.45, 2.75) is 4.21 Å². The van der Waals surface area contributed by atoms with Crippen LogP contribution in [0.25, 0.3) is 0 Å². The van der Waals surface area contributed by atoms with Crippen molar-refractivity contribution in [2.24, 2.45) is 0 Å². The lowest BCUT2D eigenvalue weighted by Crippen LogP contribution is -2.12. The molecule has 0 amide bonds. The molecule has 0 spiro atoms. The lowest BCUT2D eigenvalue weighted by Gasteiger charge is -2.08. The van der Waals surface area contributed by atoms with E-state index in [1.807, 2.05) is 12.1 Å². The minimum atomic E-state index is -3.51. The van der Waals surface area contributed by atoms with Crippen LogP contribution in [0.4, 0.5) is 5.69 Å². The summed E-state index contributed by atoms with van der Waals surface area (Å²) in [7, 11) is -3.51. The summed E-state index contributed by atoms with van der Waals surface area (Å²) < 4.78 is 28.5. The SMILES string of the molecule is O=S(=O)(Nc1ccccc1I)c1sccc1Br. The molecule has 0 saturated heterocycles. The van der Waals surface area contributed by atoms with Crippen LogP contribution in [0.3, 0.4) is 0 Å². The van der Waals surface area contributed by atoms with Crippen molar-refractivity contribution in [1.82, 2.24) is 0 Å². The summed E-state index contributed by atoms with van der Waals surface area (Å²) >= 11 is 6.50. The molecule has 2 aromatic rings. The van der Waals surface area contributed by atoms with Gasteiger partial charge in [-0.2, -0.15) is 0 Å². The molecule has 0 bridgehead atoms. The molecule has 1 heterocycles. The smallest absolute Gasteiger partial charge is 0.272 e. The number of para-hydroxylation sites is 1. The fraction of sp³-hybridized carbons (Fsp3) is 0. The zero-order valence-corrected chi connectivity index (χ0v) is 13.7. The predicted molar refractivity (Wildman–Crippen MR) is 82.0 cm³/mol. The van der Waals surface area contributed by atoms with E-state index < -0.39 is 10.0 Å². The first-order valence-corrected chi connectivity index (χ1v) is 8.74. The minimum Gasteiger partial charge on any atom is -0.278 e. The molecule has 0 aliphatic rings. The molecule has 0 unspecified atom stereocenters.